The van der Waals surface area contributed by atoms with Crippen LogP contribution in [0.1, 0.15) is 81.7 Å². The van der Waals surface area contributed by atoms with Crippen LogP contribution in [-0.2, 0) is 19.1 Å². The van der Waals surface area contributed by atoms with Crippen LogP contribution in [0, 0.1) is 6.92 Å². The number of carbonyl (C=O) groups excluding carboxylic acids is 2. The Morgan fingerprint density at radius 2 is 1.85 bits per heavy atom. The summed E-state index contributed by atoms with van der Waals surface area (Å²) in [7, 11) is 1.70. The molecule has 0 spiro atoms. The number of anilines is 1. The zero-order valence-corrected chi connectivity index (χ0v) is 22.1. The summed E-state index contributed by atoms with van der Waals surface area (Å²) in [5.74, 6) is 1.17. The number of aryl methyl sites for hydroxylation is 1. The van der Waals surface area contributed by atoms with Gasteiger partial charge in [-0.05, 0) is 68.9 Å². The smallest absolute Gasteiger partial charge is 0.302 e. The van der Waals surface area contributed by atoms with Crippen LogP contribution in [0.2, 0.25) is 5.02 Å². The summed E-state index contributed by atoms with van der Waals surface area (Å²) < 4.78 is 16.2. The van der Waals surface area contributed by atoms with Crippen molar-refractivity contribution in [3.8, 4) is 5.75 Å². The van der Waals surface area contributed by atoms with Crippen molar-refractivity contribution in [3.63, 3.8) is 0 Å². The van der Waals surface area contributed by atoms with Gasteiger partial charge in [-0.15, -0.1) is 0 Å². The highest BCUT2D eigenvalue weighted by atomic mass is 35.5. The Hall–Kier alpha value is -2.57. The number of halogens is 1. The Labute approximate surface area is 208 Å². The number of nitrogens with one attached hydrogen (secondary N) is 1. The molecule has 0 aromatic heterocycles. The highest BCUT2D eigenvalue weighted by molar-refractivity contribution is 6.31. The molecule has 6 nitrogen and oxygen atoms in total. The Bertz CT molecular complexity index is 927. The minimum absolute atomic E-state index is 0.211. The number of carbonyl (C=O) groups is 2. The van der Waals surface area contributed by atoms with Gasteiger partial charge in [-0.25, -0.2) is 0 Å². The molecule has 1 aliphatic carbocycles. The van der Waals surface area contributed by atoms with Gasteiger partial charge in [0.15, 0.2) is 0 Å². The van der Waals surface area contributed by atoms with Crippen LogP contribution in [0.25, 0.3) is 0 Å². The van der Waals surface area contributed by atoms with E-state index in [1.165, 1.54) is 12.5 Å². The van der Waals surface area contributed by atoms with Gasteiger partial charge >= 0.3 is 5.97 Å². The van der Waals surface area contributed by atoms with Crippen molar-refractivity contribution in [1.82, 2.24) is 0 Å². The molecule has 188 valence electrons. The van der Waals surface area contributed by atoms with Crippen LogP contribution in [0.3, 0.4) is 0 Å². The van der Waals surface area contributed by atoms with Crippen molar-refractivity contribution in [2.75, 3.05) is 25.6 Å². The first-order valence-corrected chi connectivity index (χ1v) is 12.2. The van der Waals surface area contributed by atoms with E-state index in [0.717, 1.165) is 35.3 Å². The van der Waals surface area contributed by atoms with E-state index in [0.29, 0.717) is 36.3 Å². The van der Waals surface area contributed by atoms with Gasteiger partial charge in [-0.1, -0.05) is 37.6 Å². The summed E-state index contributed by atoms with van der Waals surface area (Å²) in [4.78, 5) is 20.9. The van der Waals surface area contributed by atoms with Gasteiger partial charge in [-0.2, -0.15) is 0 Å². The number of amides is 1. The van der Waals surface area contributed by atoms with E-state index >= 15 is 0 Å². The number of esters is 1. The molecular formula is C27H38ClNO5. The molecule has 3 rings (SSSR count). The van der Waals surface area contributed by atoms with Crippen LogP contribution in [0.15, 0.2) is 30.3 Å². The van der Waals surface area contributed by atoms with Crippen molar-refractivity contribution in [1.29, 1.82) is 0 Å². The van der Waals surface area contributed by atoms with E-state index in [2.05, 4.69) is 16.1 Å². The second-order valence-corrected chi connectivity index (χ2v) is 7.86. The fraction of sp³-hybridized carbons (Fsp3) is 0.481. The third-order valence-corrected chi connectivity index (χ3v) is 5.50. The number of hydrogen-bond donors (Lipinski definition) is 1. The molecular weight excluding hydrogens is 454 g/mol. The molecule has 1 fully saturated rings. The third-order valence-electron chi connectivity index (χ3n) is 5.10. The molecule has 34 heavy (non-hydrogen) atoms. The van der Waals surface area contributed by atoms with E-state index in [9.17, 15) is 9.59 Å². The maximum atomic E-state index is 11.1. The SMILES string of the molecule is CC.CCOC(C)=O.CCO[C@@H](c1cc(Cl)c(C)cc1NC=O)c1cccc(OC)c1C1CC1. The first kappa shape index (κ1) is 29.5. The van der Waals surface area contributed by atoms with Crippen molar-refractivity contribution < 1.29 is 23.8 Å². The monoisotopic (exact) mass is 491 g/mol. The minimum Gasteiger partial charge on any atom is -0.496 e. The van der Waals surface area contributed by atoms with E-state index in [1.54, 1.807) is 14.0 Å². The molecule has 0 unspecified atom stereocenters. The standard InChI is InChI=1S/C21H24ClNO3.C4H8O2.C2H6/c1-4-26-21(16-11-17(22)13(2)10-18(16)23-12-24)15-6-5-7-19(25-3)20(15)14-8-9-14;1-3-6-4(2)5;1-2/h5-7,10-12,14,21H,4,8-9H2,1-3H3,(H,23,24);3H2,1-2H3;1-2H3/t21-;;/m1../s1. The molecule has 0 radical (unpaired) electrons. The zero-order chi connectivity index (χ0) is 25.7. The predicted molar refractivity (Wildman–Crippen MR) is 138 cm³/mol. The van der Waals surface area contributed by atoms with Crippen molar-refractivity contribution in [2.24, 2.45) is 0 Å². The first-order chi connectivity index (χ1) is 16.4. The highest BCUT2D eigenvalue weighted by Crippen LogP contribution is 2.49. The number of hydrogen-bond acceptors (Lipinski definition) is 5. The maximum absolute atomic E-state index is 11.1. The summed E-state index contributed by atoms with van der Waals surface area (Å²) in [5.41, 5.74) is 4.74. The van der Waals surface area contributed by atoms with Crippen LogP contribution >= 0.6 is 11.6 Å². The molecule has 1 aliphatic rings. The molecule has 2 aromatic carbocycles. The van der Waals surface area contributed by atoms with Crippen LogP contribution in [0.5, 0.6) is 5.75 Å². The van der Waals surface area contributed by atoms with Crippen LogP contribution in [0.4, 0.5) is 5.69 Å². The van der Waals surface area contributed by atoms with E-state index < -0.39 is 0 Å². The van der Waals surface area contributed by atoms with Gasteiger partial charge < -0.3 is 19.5 Å². The summed E-state index contributed by atoms with van der Waals surface area (Å²) in [5, 5.41) is 3.45. The van der Waals surface area contributed by atoms with Gasteiger partial charge in [0.2, 0.25) is 6.41 Å². The molecule has 1 N–H and O–H groups in total. The Morgan fingerprint density at radius 1 is 1.18 bits per heavy atom. The van der Waals surface area contributed by atoms with Gasteiger partial charge in [0.25, 0.3) is 0 Å². The molecule has 0 heterocycles. The highest BCUT2D eigenvalue weighted by Gasteiger charge is 2.33. The lowest BCUT2D eigenvalue weighted by atomic mass is 9.92. The number of ether oxygens (including phenoxy) is 3. The summed E-state index contributed by atoms with van der Waals surface area (Å²) in [6.45, 7) is 12.1. The summed E-state index contributed by atoms with van der Waals surface area (Å²) in [6.07, 6.45) is 2.66. The molecule has 1 saturated carbocycles. The number of methoxy groups -OCH3 is 1. The Balaban J connectivity index is 0.000000631. The number of benzene rings is 2. The molecule has 1 atom stereocenters. The maximum Gasteiger partial charge on any atom is 0.302 e. The fourth-order valence-electron chi connectivity index (χ4n) is 3.60. The van der Waals surface area contributed by atoms with Crippen molar-refractivity contribution in [2.45, 2.75) is 66.4 Å². The van der Waals surface area contributed by atoms with E-state index in [-0.39, 0.29) is 12.1 Å². The van der Waals surface area contributed by atoms with Crippen LogP contribution in [-0.4, -0.2) is 32.7 Å². The molecule has 1 amide bonds. The quantitative estimate of drug-likeness (QED) is 0.307. The molecule has 0 bridgehead atoms. The largest absolute Gasteiger partial charge is 0.496 e. The van der Waals surface area contributed by atoms with Gasteiger partial charge in [0.1, 0.15) is 11.9 Å². The predicted octanol–water partition coefficient (Wildman–Crippen LogP) is 6.82. The zero-order valence-electron chi connectivity index (χ0n) is 21.4. The van der Waals surface area contributed by atoms with Crippen LogP contribution < -0.4 is 10.1 Å². The summed E-state index contributed by atoms with van der Waals surface area (Å²) in [6, 6.07) is 9.82. The lowest BCUT2D eigenvalue weighted by molar-refractivity contribution is -0.140. The third kappa shape index (κ3) is 8.33. The average molecular weight is 492 g/mol. The molecule has 0 aliphatic heterocycles. The van der Waals surface area contributed by atoms with Gasteiger partial charge in [0, 0.05) is 35.4 Å². The lowest BCUT2D eigenvalue weighted by Crippen LogP contribution is -2.13. The number of rotatable bonds is 9. The Morgan fingerprint density at radius 3 is 2.32 bits per heavy atom. The topological polar surface area (TPSA) is 73.9 Å². The molecule has 7 heteroatoms. The second kappa shape index (κ2) is 15.4. The minimum atomic E-state index is -0.328. The normalized spacial score (nSPS) is 12.8. The first-order valence-electron chi connectivity index (χ1n) is 11.8. The van der Waals surface area contributed by atoms with Crippen molar-refractivity contribution >= 4 is 29.7 Å². The average Bonchev–Trinajstić information content (AvgIpc) is 3.66. The lowest BCUT2D eigenvalue weighted by Gasteiger charge is -2.25. The molecule has 0 saturated heterocycles. The second-order valence-electron chi connectivity index (χ2n) is 7.45. The molecule has 2 aromatic rings. The van der Waals surface area contributed by atoms with Gasteiger partial charge in [-0.3, -0.25) is 9.59 Å². The van der Waals surface area contributed by atoms with E-state index in [4.69, 9.17) is 21.1 Å². The summed E-state index contributed by atoms with van der Waals surface area (Å²) >= 11 is 6.39. The fourth-order valence-corrected chi connectivity index (χ4v) is 3.77. The Kier molecular flexibility index (Phi) is 13.3. The van der Waals surface area contributed by atoms with Gasteiger partial charge in [0.05, 0.1) is 13.7 Å². The van der Waals surface area contributed by atoms with E-state index in [1.807, 2.05) is 52.0 Å². The van der Waals surface area contributed by atoms with Crippen molar-refractivity contribution in [3.05, 3.63) is 57.6 Å².